The number of rotatable bonds is 8. The Balaban J connectivity index is 1.86. The Bertz CT molecular complexity index is 518. The van der Waals surface area contributed by atoms with Gasteiger partial charge in [0.15, 0.2) is 5.60 Å². The van der Waals surface area contributed by atoms with E-state index in [0.29, 0.717) is 18.9 Å². The third kappa shape index (κ3) is 5.32. The number of piperidine rings is 1. The molecule has 2 rings (SSSR count). The maximum Gasteiger partial charge on any atom is 0.255 e. The molecule has 0 radical (unpaired) electrons. The summed E-state index contributed by atoms with van der Waals surface area (Å²) in [6.45, 7) is 7.12. The molecule has 1 fully saturated rings. The van der Waals surface area contributed by atoms with Gasteiger partial charge in [0.1, 0.15) is 0 Å². The van der Waals surface area contributed by atoms with Crippen molar-refractivity contribution in [1.29, 1.82) is 0 Å². The molecule has 24 heavy (non-hydrogen) atoms. The van der Waals surface area contributed by atoms with Crippen LogP contribution in [0.1, 0.15) is 38.7 Å². The van der Waals surface area contributed by atoms with E-state index >= 15 is 0 Å². The molecule has 4 heteroatoms. The Hall–Kier alpha value is -1.39. The lowest BCUT2D eigenvalue weighted by Crippen LogP contribution is -2.58. The second-order valence-corrected chi connectivity index (χ2v) is 7.61. The van der Waals surface area contributed by atoms with Gasteiger partial charge in [-0.05, 0) is 44.2 Å². The molecule has 1 N–H and O–H groups in total. The van der Waals surface area contributed by atoms with Gasteiger partial charge in [-0.3, -0.25) is 4.79 Å². The summed E-state index contributed by atoms with van der Waals surface area (Å²) in [4.78, 5) is 16.7. The highest BCUT2D eigenvalue weighted by Crippen LogP contribution is 2.24. The molecular formula is C20H32N2O2. The first-order valence-corrected chi connectivity index (χ1v) is 9.15. The molecule has 1 aliphatic heterocycles. The van der Waals surface area contributed by atoms with Gasteiger partial charge in [0, 0.05) is 26.2 Å². The predicted octanol–water partition coefficient (Wildman–Crippen LogP) is 2.56. The van der Waals surface area contributed by atoms with E-state index in [9.17, 15) is 9.90 Å². The summed E-state index contributed by atoms with van der Waals surface area (Å²) in [6, 6.07) is 10.4. The maximum absolute atomic E-state index is 12.8. The first-order valence-electron chi connectivity index (χ1n) is 9.15. The van der Waals surface area contributed by atoms with E-state index in [1.165, 1.54) is 5.56 Å². The molecule has 4 nitrogen and oxygen atoms in total. The standard InChI is InChI=1S/C20H32N2O2/c1-17(2)15-21(3)16-20(24)12-8-14-22(19(20)23)13-7-11-18-9-5-4-6-10-18/h4-6,9-10,17,24H,7-8,11-16H2,1-3H3/t20-/m1/s1. The zero-order chi connectivity index (χ0) is 17.6. The van der Waals surface area contributed by atoms with E-state index in [-0.39, 0.29) is 5.91 Å². The number of aliphatic hydroxyl groups is 1. The second-order valence-electron chi connectivity index (χ2n) is 7.61. The minimum absolute atomic E-state index is 0.0857. The first-order chi connectivity index (χ1) is 11.4. The quantitative estimate of drug-likeness (QED) is 0.796. The van der Waals surface area contributed by atoms with Crippen LogP contribution in [0.15, 0.2) is 30.3 Å². The monoisotopic (exact) mass is 332 g/mol. The van der Waals surface area contributed by atoms with Gasteiger partial charge in [0.05, 0.1) is 0 Å². The summed E-state index contributed by atoms with van der Waals surface area (Å²) in [5.41, 5.74) is 0.0862. The number of benzene rings is 1. The normalized spacial score (nSPS) is 21.8. The fourth-order valence-electron chi connectivity index (χ4n) is 3.68. The molecule has 1 aliphatic rings. The molecule has 0 unspecified atom stereocenters. The molecule has 0 spiro atoms. The molecule has 0 bridgehead atoms. The predicted molar refractivity (Wildman–Crippen MR) is 97.9 cm³/mol. The molecule has 1 atom stereocenters. The molecule has 1 aromatic rings. The number of nitrogens with zero attached hydrogens (tertiary/aromatic N) is 2. The third-order valence-corrected chi connectivity index (χ3v) is 4.65. The summed E-state index contributed by atoms with van der Waals surface area (Å²) < 4.78 is 0. The second kappa shape index (κ2) is 8.63. The number of likely N-dealkylation sites (tertiary alicyclic amines) is 1. The van der Waals surface area contributed by atoms with Crippen LogP contribution in [0.3, 0.4) is 0 Å². The molecular weight excluding hydrogens is 300 g/mol. The van der Waals surface area contributed by atoms with E-state index in [0.717, 1.165) is 38.9 Å². The molecule has 0 aromatic heterocycles. The van der Waals surface area contributed by atoms with Crippen molar-refractivity contribution in [3.63, 3.8) is 0 Å². The van der Waals surface area contributed by atoms with Gasteiger partial charge in [-0.25, -0.2) is 0 Å². The van der Waals surface area contributed by atoms with Gasteiger partial charge in [-0.15, -0.1) is 0 Å². The van der Waals surface area contributed by atoms with Gasteiger partial charge < -0.3 is 14.9 Å². The van der Waals surface area contributed by atoms with Gasteiger partial charge >= 0.3 is 0 Å². The lowest BCUT2D eigenvalue weighted by Gasteiger charge is -2.40. The largest absolute Gasteiger partial charge is 0.379 e. The SMILES string of the molecule is CC(C)CN(C)C[C@]1(O)CCCN(CCCc2ccccc2)C1=O. The molecule has 1 amide bonds. The fourth-order valence-corrected chi connectivity index (χ4v) is 3.68. The van der Waals surface area contributed by atoms with Crippen molar-refractivity contribution in [2.75, 3.05) is 33.2 Å². The average molecular weight is 332 g/mol. The van der Waals surface area contributed by atoms with E-state index in [2.05, 4.69) is 30.9 Å². The number of carbonyl (C=O) groups is 1. The minimum Gasteiger partial charge on any atom is -0.379 e. The van der Waals surface area contributed by atoms with E-state index in [1.807, 2.05) is 30.1 Å². The van der Waals surface area contributed by atoms with E-state index in [4.69, 9.17) is 0 Å². The van der Waals surface area contributed by atoms with Crippen molar-refractivity contribution in [3.05, 3.63) is 35.9 Å². The zero-order valence-electron chi connectivity index (χ0n) is 15.4. The third-order valence-electron chi connectivity index (χ3n) is 4.65. The first kappa shape index (κ1) is 18.9. The van der Waals surface area contributed by atoms with Crippen molar-refractivity contribution < 1.29 is 9.90 Å². The fraction of sp³-hybridized carbons (Fsp3) is 0.650. The van der Waals surface area contributed by atoms with Crippen LogP contribution in [0.25, 0.3) is 0 Å². The van der Waals surface area contributed by atoms with Crippen molar-refractivity contribution >= 4 is 5.91 Å². The van der Waals surface area contributed by atoms with E-state index < -0.39 is 5.60 Å². The van der Waals surface area contributed by atoms with Crippen molar-refractivity contribution in [3.8, 4) is 0 Å². The molecule has 1 heterocycles. The van der Waals surface area contributed by atoms with Crippen LogP contribution in [0.4, 0.5) is 0 Å². The van der Waals surface area contributed by atoms with Crippen LogP contribution < -0.4 is 0 Å². The Morgan fingerprint density at radius 2 is 2.00 bits per heavy atom. The van der Waals surface area contributed by atoms with Crippen LogP contribution in [-0.2, 0) is 11.2 Å². The number of hydrogen-bond acceptors (Lipinski definition) is 3. The smallest absolute Gasteiger partial charge is 0.255 e. The number of hydrogen-bond donors (Lipinski definition) is 1. The summed E-state index contributed by atoms with van der Waals surface area (Å²) in [7, 11) is 1.99. The number of likely N-dealkylation sites (N-methyl/N-ethyl adjacent to an activating group) is 1. The van der Waals surface area contributed by atoms with Gasteiger partial charge in [-0.2, -0.15) is 0 Å². The molecule has 1 aromatic carbocycles. The number of aryl methyl sites for hydroxylation is 1. The van der Waals surface area contributed by atoms with E-state index in [1.54, 1.807) is 0 Å². The van der Waals surface area contributed by atoms with Crippen molar-refractivity contribution in [2.24, 2.45) is 5.92 Å². The Kier molecular flexibility index (Phi) is 6.81. The molecule has 1 saturated heterocycles. The van der Waals surface area contributed by atoms with Crippen LogP contribution in [0.2, 0.25) is 0 Å². The van der Waals surface area contributed by atoms with Crippen LogP contribution in [-0.4, -0.2) is 59.6 Å². The minimum atomic E-state index is -1.21. The molecule has 134 valence electrons. The summed E-state index contributed by atoms with van der Waals surface area (Å²) in [5, 5.41) is 10.9. The molecule has 0 aliphatic carbocycles. The van der Waals surface area contributed by atoms with Crippen LogP contribution in [0.5, 0.6) is 0 Å². The van der Waals surface area contributed by atoms with Crippen LogP contribution in [0, 0.1) is 5.92 Å². The summed E-state index contributed by atoms with van der Waals surface area (Å²) in [5.74, 6) is 0.441. The summed E-state index contributed by atoms with van der Waals surface area (Å²) in [6.07, 6.45) is 3.36. The van der Waals surface area contributed by atoms with Crippen molar-refractivity contribution in [2.45, 2.75) is 45.1 Å². The van der Waals surface area contributed by atoms with Gasteiger partial charge in [0.25, 0.3) is 5.91 Å². The zero-order valence-corrected chi connectivity index (χ0v) is 15.4. The average Bonchev–Trinajstić information content (AvgIpc) is 2.52. The topological polar surface area (TPSA) is 43.8 Å². The highest BCUT2D eigenvalue weighted by Gasteiger charge is 2.42. The Morgan fingerprint density at radius 1 is 1.29 bits per heavy atom. The summed E-state index contributed by atoms with van der Waals surface area (Å²) >= 11 is 0. The highest BCUT2D eigenvalue weighted by atomic mass is 16.3. The van der Waals surface area contributed by atoms with Crippen molar-refractivity contribution in [1.82, 2.24) is 9.80 Å². The van der Waals surface area contributed by atoms with Gasteiger partial charge in [0.2, 0.25) is 0 Å². The maximum atomic E-state index is 12.8. The number of carbonyl (C=O) groups excluding carboxylic acids is 1. The Labute approximate surface area is 146 Å². The molecule has 0 saturated carbocycles. The highest BCUT2D eigenvalue weighted by molar-refractivity contribution is 5.86. The van der Waals surface area contributed by atoms with Crippen LogP contribution >= 0.6 is 0 Å². The lowest BCUT2D eigenvalue weighted by atomic mass is 9.90. The Morgan fingerprint density at radius 3 is 2.67 bits per heavy atom. The number of amides is 1. The van der Waals surface area contributed by atoms with Gasteiger partial charge in [-0.1, -0.05) is 44.2 Å². The lowest BCUT2D eigenvalue weighted by molar-refractivity contribution is -0.159.